The van der Waals surface area contributed by atoms with Crippen molar-refractivity contribution in [1.29, 1.82) is 0 Å². The second-order valence-electron chi connectivity index (χ2n) is 4.55. The first-order valence-electron chi connectivity index (χ1n) is 6.34. The van der Waals surface area contributed by atoms with Crippen LogP contribution in [-0.2, 0) is 9.59 Å². The van der Waals surface area contributed by atoms with Gasteiger partial charge in [-0.3, -0.25) is 9.59 Å². The Morgan fingerprint density at radius 2 is 1.85 bits per heavy atom. The summed E-state index contributed by atoms with van der Waals surface area (Å²) in [5.41, 5.74) is 6.36. The van der Waals surface area contributed by atoms with E-state index in [0.29, 0.717) is 5.69 Å². The molecule has 5 nitrogen and oxygen atoms in total. The molecule has 20 heavy (non-hydrogen) atoms. The summed E-state index contributed by atoms with van der Waals surface area (Å²) in [4.78, 5) is 22.4. The van der Waals surface area contributed by atoms with Gasteiger partial charge < -0.3 is 16.2 Å². The molecule has 0 radical (unpaired) electrons. The summed E-state index contributed by atoms with van der Waals surface area (Å²) in [6, 6.07) is 12.4. The number of anilines is 1. The molecule has 2 aromatic rings. The van der Waals surface area contributed by atoms with E-state index >= 15 is 0 Å². The van der Waals surface area contributed by atoms with Crippen LogP contribution in [0.15, 0.2) is 42.5 Å². The molecule has 0 bridgehead atoms. The first-order valence-corrected chi connectivity index (χ1v) is 6.34. The van der Waals surface area contributed by atoms with E-state index in [1.165, 1.54) is 0 Å². The van der Waals surface area contributed by atoms with Crippen LogP contribution < -0.4 is 11.1 Å². The van der Waals surface area contributed by atoms with Gasteiger partial charge in [-0.1, -0.05) is 36.4 Å². The minimum Gasteiger partial charge on any atom is -0.481 e. The molecule has 0 spiro atoms. The third kappa shape index (κ3) is 3.33. The zero-order chi connectivity index (χ0) is 14.5. The van der Waals surface area contributed by atoms with E-state index in [4.69, 9.17) is 10.8 Å². The highest BCUT2D eigenvalue weighted by Crippen LogP contribution is 2.23. The molecule has 0 fully saturated rings. The molecule has 0 saturated carbocycles. The monoisotopic (exact) mass is 272 g/mol. The quantitative estimate of drug-likeness (QED) is 0.775. The molecule has 1 atom stereocenters. The van der Waals surface area contributed by atoms with E-state index in [0.717, 1.165) is 10.8 Å². The molecule has 0 heterocycles. The van der Waals surface area contributed by atoms with Crippen molar-refractivity contribution in [2.45, 2.75) is 18.9 Å². The van der Waals surface area contributed by atoms with E-state index in [-0.39, 0.29) is 18.7 Å². The highest BCUT2D eigenvalue weighted by Gasteiger charge is 2.15. The zero-order valence-corrected chi connectivity index (χ0v) is 10.9. The van der Waals surface area contributed by atoms with Gasteiger partial charge in [-0.25, -0.2) is 0 Å². The van der Waals surface area contributed by atoms with Crippen LogP contribution in [0.4, 0.5) is 5.69 Å². The summed E-state index contributed by atoms with van der Waals surface area (Å²) in [6.45, 7) is 0. The number of carboxylic acids is 1. The normalized spacial score (nSPS) is 12.1. The van der Waals surface area contributed by atoms with Crippen LogP contribution in [0.3, 0.4) is 0 Å². The van der Waals surface area contributed by atoms with E-state index in [1.54, 1.807) is 6.07 Å². The summed E-state index contributed by atoms with van der Waals surface area (Å²) < 4.78 is 0. The Balaban J connectivity index is 2.12. The van der Waals surface area contributed by atoms with Crippen LogP contribution in [0.25, 0.3) is 10.8 Å². The maximum absolute atomic E-state index is 11.9. The van der Waals surface area contributed by atoms with Crippen LogP contribution in [0.2, 0.25) is 0 Å². The number of nitrogens with one attached hydrogen (secondary N) is 1. The van der Waals surface area contributed by atoms with Gasteiger partial charge in [-0.05, 0) is 17.9 Å². The fourth-order valence-corrected chi connectivity index (χ4v) is 1.97. The maximum Gasteiger partial charge on any atom is 0.303 e. The lowest BCUT2D eigenvalue weighted by molar-refractivity contribution is -0.137. The molecule has 4 N–H and O–H groups in total. The Kier molecular flexibility index (Phi) is 4.32. The Hall–Kier alpha value is -2.40. The molecule has 1 amide bonds. The van der Waals surface area contributed by atoms with Crippen molar-refractivity contribution < 1.29 is 14.7 Å². The van der Waals surface area contributed by atoms with Crippen LogP contribution in [-0.4, -0.2) is 23.0 Å². The molecule has 104 valence electrons. The minimum absolute atomic E-state index is 0.117. The van der Waals surface area contributed by atoms with Gasteiger partial charge in [0.25, 0.3) is 0 Å². The summed E-state index contributed by atoms with van der Waals surface area (Å²) in [7, 11) is 0. The van der Waals surface area contributed by atoms with Crippen LogP contribution in [0, 0.1) is 0 Å². The molecule has 0 aliphatic carbocycles. The largest absolute Gasteiger partial charge is 0.481 e. The molecule has 0 aliphatic rings. The second kappa shape index (κ2) is 6.16. The maximum atomic E-state index is 11.9. The Morgan fingerprint density at radius 3 is 2.60 bits per heavy atom. The predicted molar refractivity (Wildman–Crippen MR) is 77.4 cm³/mol. The lowest BCUT2D eigenvalue weighted by atomic mass is 10.1. The van der Waals surface area contributed by atoms with E-state index in [2.05, 4.69) is 5.32 Å². The van der Waals surface area contributed by atoms with Gasteiger partial charge in [0.2, 0.25) is 5.91 Å². The third-order valence-electron chi connectivity index (χ3n) is 3.05. The standard InChI is InChI=1S/C15H16N2O3/c16-12(8-9-14(18)19)15(20)17-13-7-3-5-10-4-1-2-6-11(10)13/h1-7,12H,8-9,16H2,(H,17,20)(H,18,19). The Morgan fingerprint density at radius 1 is 1.15 bits per heavy atom. The first kappa shape index (κ1) is 14.0. The summed E-state index contributed by atoms with van der Waals surface area (Å²) in [6.07, 6.45) is -0.00391. The van der Waals surface area contributed by atoms with Crippen molar-refractivity contribution in [3.63, 3.8) is 0 Å². The van der Waals surface area contributed by atoms with Gasteiger partial charge in [0.05, 0.1) is 6.04 Å². The number of amides is 1. The van der Waals surface area contributed by atoms with Crippen molar-refractivity contribution in [3.8, 4) is 0 Å². The number of aliphatic carboxylic acids is 1. The predicted octanol–water partition coefficient (Wildman–Crippen LogP) is 1.97. The van der Waals surface area contributed by atoms with Crippen LogP contribution in [0.1, 0.15) is 12.8 Å². The number of fused-ring (bicyclic) bond motifs is 1. The fourth-order valence-electron chi connectivity index (χ4n) is 1.97. The third-order valence-corrected chi connectivity index (χ3v) is 3.05. The molecule has 0 aliphatic heterocycles. The highest BCUT2D eigenvalue weighted by atomic mass is 16.4. The number of carboxylic acid groups (broad SMARTS) is 1. The van der Waals surface area contributed by atoms with Crippen molar-refractivity contribution in [2.24, 2.45) is 5.73 Å². The highest BCUT2D eigenvalue weighted by molar-refractivity contribution is 6.03. The number of hydrogen-bond acceptors (Lipinski definition) is 3. The summed E-state index contributed by atoms with van der Waals surface area (Å²) in [5.74, 6) is -1.33. The summed E-state index contributed by atoms with van der Waals surface area (Å²) >= 11 is 0. The van der Waals surface area contributed by atoms with Gasteiger partial charge in [-0.15, -0.1) is 0 Å². The average molecular weight is 272 g/mol. The van der Waals surface area contributed by atoms with Gasteiger partial charge in [0, 0.05) is 17.5 Å². The average Bonchev–Trinajstić information content (AvgIpc) is 2.45. The van der Waals surface area contributed by atoms with Gasteiger partial charge in [-0.2, -0.15) is 0 Å². The number of hydrogen-bond donors (Lipinski definition) is 3. The number of carbonyl (C=O) groups excluding carboxylic acids is 1. The van der Waals surface area contributed by atoms with Crippen molar-refractivity contribution >= 4 is 28.3 Å². The number of nitrogens with two attached hydrogens (primary N) is 1. The lowest BCUT2D eigenvalue weighted by Crippen LogP contribution is -2.36. The van der Waals surface area contributed by atoms with E-state index in [9.17, 15) is 9.59 Å². The zero-order valence-electron chi connectivity index (χ0n) is 10.9. The van der Waals surface area contributed by atoms with Gasteiger partial charge in [0.1, 0.15) is 0 Å². The minimum atomic E-state index is -0.960. The van der Waals surface area contributed by atoms with Gasteiger partial charge >= 0.3 is 5.97 Å². The SMILES string of the molecule is NC(CCC(=O)O)C(=O)Nc1cccc2ccccc12. The lowest BCUT2D eigenvalue weighted by Gasteiger charge is -2.13. The number of carbonyl (C=O) groups is 2. The van der Waals surface area contributed by atoms with Crippen molar-refractivity contribution in [1.82, 2.24) is 0 Å². The molecule has 2 rings (SSSR count). The fraction of sp³-hybridized carbons (Fsp3) is 0.200. The smallest absolute Gasteiger partial charge is 0.303 e. The molecule has 0 saturated heterocycles. The van der Waals surface area contributed by atoms with Crippen molar-refractivity contribution in [3.05, 3.63) is 42.5 Å². The molecular formula is C15H16N2O3. The van der Waals surface area contributed by atoms with Crippen molar-refractivity contribution in [2.75, 3.05) is 5.32 Å². The first-order chi connectivity index (χ1) is 9.58. The molecule has 0 aromatic heterocycles. The van der Waals surface area contributed by atoms with Gasteiger partial charge in [0.15, 0.2) is 0 Å². The summed E-state index contributed by atoms with van der Waals surface area (Å²) in [5, 5.41) is 13.3. The molecule has 2 aromatic carbocycles. The second-order valence-corrected chi connectivity index (χ2v) is 4.55. The molecule has 5 heteroatoms. The van der Waals surface area contributed by atoms with Crippen LogP contribution >= 0.6 is 0 Å². The number of benzene rings is 2. The Labute approximate surface area is 116 Å². The topological polar surface area (TPSA) is 92.4 Å². The van der Waals surface area contributed by atoms with E-state index in [1.807, 2.05) is 36.4 Å². The molecule has 1 unspecified atom stereocenters. The molecular weight excluding hydrogens is 256 g/mol. The Bertz CT molecular complexity index is 635. The number of rotatable bonds is 5. The van der Waals surface area contributed by atoms with Crippen LogP contribution in [0.5, 0.6) is 0 Å². The van der Waals surface area contributed by atoms with E-state index < -0.39 is 12.0 Å².